The first-order chi connectivity index (χ1) is 11.7. The van der Waals surface area contributed by atoms with Crippen LogP contribution in [-0.4, -0.2) is 12.6 Å². The number of carbonyl (C=O) groups is 1. The molecular weight excluding hydrogens is 296 g/mol. The number of ether oxygens (including phenoxy) is 1. The molecule has 0 atom stereocenters. The minimum atomic E-state index is -0.401. The smallest absolute Gasteiger partial charge is 0.312 e. The molecule has 2 rings (SSSR count). The van der Waals surface area contributed by atoms with E-state index >= 15 is 0 Å². The lowest BCUT2D eigenvalue weighted by atomic mass is 9.75. The average Bonchev–Trinajstić information content (AvgIpc) is 2.64. The average molecular weight is 324 g/mol. The van der Waals surface area contributed by atoms with Crippen LogP contribution in [-0.2, 0) is 22.4 Å². The Labute approximate surface area is 145 Å². The molecule has 24 heavy (non-hydrogen) atoms. The van der Waals surface area contributed by atoms with E-state index in [1.54, 1.807) is 0 Å². The van der Waals surface area contributed by atoms with Gasteiger partial charge in [0.1, 0.15) is 0 Å². The maximum atomic E-state index is 12.7. The van der Waals surface area contributed by atoms with Gasteiger partial charge in [-0.1, -0.05) is 67.6 Å². The summed E-state index contributed by atoms with van der Waals surface area (Å²) in [5.74, 6) is -0.0423. The van der Waals surface area contributed by atoms with Gasteiger partial charge in [-0.15, -0.1) is 0 Å². The van der Waals surface area contributed by atoms with Crippen LogP contribution in [0.25, 0.3) is 0 Å². The molecule has 128 valence electrons. The number of esters is 1. The third kappa shape index (κ3) is 4.95. The van der Waals surface area contributed by atoms with Gasteiger partial charge in [-0.05, 0) is 50.2 Å². The first kappa shape index (κ1) is 18.3. The van der Waals surface area contributed by atoms with Crippen LogP contribution in [0.15, 0.2) is 60.7 Å². The fourth-order valence-corrected chi connectivity index (χ4v) is 3.17. The highest BCUT2D eigenvalue weighted by Gasteiger charge is 2.37. The molecule has 0 saturated heterocycles. The molecule has 0 aliphatic heterocycles. The summed E-state index contributed by atoms with van der Waals surface area (Å²) in [6.45, 7) is 4.43. The molecule has 0 fully saturated rings. The zero-order valence-electron chi connectivity index (χ0n) is 14.8. The van der Waals surface area contributed by atoms with Crippen LogP contribution in [0.2, 0.25) is 0 Å². The molecule has 0 unspecified atom stereocenters. The molecule has 2 aromatic rings. The van der Waals surface area contributed by atoms with Crippen molar-refractivity contribution < 1.29 is 9.53 Å². The SMILES string of the molecule is CCOC(=O)C(CC)(CCc1ccccc1)CCc1ccccc1. The molecule has 0 N–H and O–H groups in total. The van der Waals surface area contributed by atoms with E-state index in [0.717, 1.165) is 32.1 Å². The summed E-state index contributed by atoms with van der Waals surface area (Å²) in [6.07, 6.45) is 4.29. The van der Waals surface area contributed by atoms with Crippen molar-refractivity contribution in [2.24, 2.45) is 5.41 Å². The van der Waals surface area contributed by atoms with Crippen molar-refractivity contribution in [2.75, 3.05) is 6.61 Å². The summed E-state index contributed by atoms with van der Waals surface area (Å²) in [5.41, 5.74) is 2.15. The third-order valence-corrected chi connectivity index (χ3v) is 4.86. The molecule has 2 heteroatoms. The Bertz CT molecular complexity index is 561. The largest absolute Gasteiger partial charge is 0.466 e. The lowest BCUT2D eigenvalue weighted by Crippen LogP contribution is -2.34. The van der Waals surface area contributed by atoms with E-state index in [2.05, 4.69) is 55.5 Å². The van der Waals surface area contributed by atoms with E-state index in [1.165, 1.54) is 11.1 Å². The van der Waals surface area contributed by atoms with Gasteiger partial charge in [0.25, 0.3) is 0 Å². The first-order valence-electron chi connectivity index (χ1n) is 8.95. The highest BCUT2D eigenvalue weighted by atomic mass is 16.5. The highest BCUT2D eigenvalue weighted by Crippen LogP contribution is 2.35. The van der Waals surface area contributed by atoms with Gasteiger partial charge in [0.2, 0.25) is 0 Å². The number of benzene rings is 2. The molecule has 0 aliphatic carbocycles. The zero-order chi connectivity index (χ0) is 17.3. The molecule has 0 saturated carbocycles. The number of carbonyl (C=O) groups excluding carboxylic acids is 1. The summed E-state index contributed by atoms with van der Waals surface area (Å²) < 4.78 is 5.44. The van der Waals surface area contributed by atoms with Crippen LogP contribution in [0.3, 0.4) is 0 Å². The monoisotopic (exact) mass is 324 g/mol. The lowest BCUT2D eigenvalue weighted by Gasteiger charge is -2.30. The Balaban J connectivity index is 2.11. The number of hydrogen-bond acceptors (Lipinski definition) is 2. The zero-order valence-corrected chi connectivity index (χ0v) is 14.8. The van der Waals surface area contributed by atoms with E-state index in [0.29, 0.717) is 6.61 Å². The Morgan fingerprint density at radius 2 is 1.29 bits per heavy atom. The Morgan fingerprint density at radius 3 is 1.67 bits per heavy atom. The number of aryl methyl sites for hydroxylation is 2. The van der Waals surface area contributed by atoms with Gasteiger partial charge in [-0.25, -0.2) is 0 Å². The minimum Gasteiger partial charge on any atom is -0.466 e. The predicted molar refractivity (Wildman–Crippen MR) is 98.9 cm³/mol. The molecule has 0 bridgehead atoms. The summed E-state index contributed by atoms with van der Waals surface area (Å²) in [5, 5.41) is 0. The number of rotatable bonds is 9. The van der Waals surface area contributed by atoms with Crippen molar-refractivity contribution >= 4 is 5.97 Å². The van der Waals surface area contributed by atoms with Crippen molar-refractivity contribution in [3.8, 4) is 0 Å². The van der Waals surface area contributed by atoms with Crippen LogP contribution in [0.1, 0.15) is 44.2 Å². The molecule has 2 aromatic carbocycles. The van der Waals surface area contributed by atoms with Gasteiger partial charge in [-0.2, -0.15) is 0 Å². The van der Waals surface area contributed by atoms with Crippen LogP contribution in [0.5, 0.6) is 0 Å². The van der Waals surface area contributed by atoms with Crippen LogP contribution >= 0.6 is 0 Å². The Kier molecular flexibility index (Phi) is 7.05. The topological polar surface area (TPSA) is 26.3 Å². The Morgan fingerprint density at radius 1 is 0.833 bits per heavy atom. The fraction of sp³-hybridized carbons (Fsp3) is 0.409. The predicted octanol–water partition coefficient (Wildman–Crippen LogP) is 5.21. The van der Waals surface area contributed by atoms with Gasteiger partial charge >= 0.3 is 5.97 Å². The van der Waals surface area contributed by atoms with Crippen LogP contribution in [0, 0.1) is 5.41 Å². The summed E-state index contributed by atoms with van der Waals surface area (Å²) >= 11 is 0. The van der Waals surface area contributed by atoms with Crippen LogP contribution < -0.4 is 0 Å². The van der Waals surface area contributed by atoms with Crippen molar-refractivity contribution in [3.63, 3.8) is 0 Å². The molecule has 0 heterocycles. The van der Waals surface area contributed by atoms with Gasteiger partial charge < -0.3 is 4.74 Å². The summed E-state index contributed by atoms with van der Waals surface area (Å²) in [7, 11) is 0. The van der Waals surface area contributed by atoms with Crippen LogP contribution in [0.4, 0.5) is 0 Å². The third-order valence-electron chi connectivity index (χ3n) is 4.86. The molecule has 0 radical (unpaired) electrons. The first-order valence-corrected chi connectivity index (χ1v) is 8.95. The van der Waals surface area contributed by atoms with E-state index in [4.69, 9.17) is 4.74 Å². The second-order valence-electron chi connectivity index (χ2n) is 6.33. The van der Waals surface area contributed by atoms with Crippen molar-refractivity contribution in [2.45, 2.75) is 46.0 Å². The summed E-state index contributed by atoms with van der Waals surface area (Å²) in [4.78, 5) is 12.7. The molecule has 0 amide bonds. The van der Waals surface area contributed by atoms with Gasteiger partial charge in [0, 0.05) is 0 Å². The fourth-order valence-electron chi connectivity index (χ4n) is 3.17. The van der Waals surface area contributed by atoms with Gasteiger partial charge in [-0.3, -0.25) is 4.79 Å². The maximum absolute atomic E-state index is 12.7. The minimum absolute atomic E-state index is 0.0423. The van der Waals surface area contributed by atoms with Crippen molar-refractivity contribution in [3.05, 3.63) is 71.8 Å². The van der Waals surface area contributed by atoms with E-state index in [-0.39, 0.29) is 5.97 Å². The maximum Gasteiger partial charge on any atom is 0.312 e. The van der Waals surface area contributed by atoms with E-state index in [9.17, 15) is 4.79 Å². The second kappa shape index (κ2) is 9.27. The molecule has 0 aromatic heterocycles. The van der Waals surface area contributed by atoms with Gasteiger partial charge in [0.15, 0.2) is 0 Å². The lowest BCUT2D eigenvalue weighted by molar-refractivity contribution is -0.156. The van der Waals surface area contributed by atoms with Crippen molar-refractivity contribution in [1.82, 2.24) is 0 Å². The Hall–Kier alpha value is -2.09. The molecule has 0 aliphatic rings. The van der Waals surface area contributed by atoms with E-state index in [1.807, 2.05) is 19.1 Å². The quantitative estimate of drug-likeness (QED) is 0.592. The molecule has 2 nitrogen and oxygen atoms in total. The summed E-state index contributed by atoms with van der Waals surface area (Å²) in [6, 6.07) is 20.8. The standard InChI is InChI=1S/C22H28O2/c1-3-22(21(23)24-4-2,17-15-19-11-7-5-8-12-19)18-16-20-13-9-6-10-14-20/h5-14H,3-4,15-18H2,1-2H3. The highest BCUT2D eigenvalue weighted by molar-refractivity contribution is 5.76. The van der Waals surface area contributed by atoms with Crippen molar-refractivity contribution in [1.29, 1.82) is 0 Å². The van der Waals surface area contributed by atoms with E-state index < -0.39 is 5.41 Å². The normalized spacial score (nSPS) is 11.2. The molecule has 0 spiro atoms. The molecular formula is C22H28O2. The second-order valence-corrected chi connectivity index (χ2v) is 6.33. The number of hydrogen-bond donors (Lipinski definition) is 0. The van der Waals surface area contributed by atoms with Gasteiger partial charge in [0.05, 0.1) is 12.0 Å².